The van der Waals surface area contributed by atoms with Crippen LogP contribution in [0.25, 0.3) is 0 Å². The fourth-order valence-corrected chi connectivity index (χ4v) is 5.78. The summed E-state index contributed by atoms with van der Waals surface area (Å²) >= 11 is 0. The Hall–Kier alpha value is -2.94. The van der Waals surface area contributed by atoms with E-state index >= 15 is 0 Å². The van der Waals surface area contributed by atoms with Crippen molar-refractivity contribution in [2.45, 2.75) is 77.4 Å². The lowest BCUT2D eigenvalue weighted by atomic mass is 9.95. The van der Waals surface area contributed by atoms with E-state index in [1.54, 1.807) is 24.3 Å². The quantitative estimate of drug-likeness (QED) is 0.465. The van der Waals surface area contributed by atoms with Gasteiger partial charge in [0.15, 0.2) is 0 Å². The summed E-state index contributed by atoms with van der Waals surface area (Å²) in [4.78, 5) is 28.6. The van der Waals surface area contributed by atoms with E-state index in [-0.39, 0.29) is 18.5 Å². The molecule has 2 aromatic rings. The molecule has 1 saturated carbocycles. The molecule has 9 heteroatoms. The summed E-state index contributed by atoms with van der Waals surface area (Å²) < 4.78 is 40.3. The van der Waals surface area contributed by atoms with Gasteiger partial charge in [-0.25, -0.2) is 12.8 Å². The predicted octanol–water partition coefficient (Wildman–Crippen LogP) is 4.41. The van der Waals surface area contributed by atoms with Gasteiger partial charge in [-0.2, -0.15) is 0 Å². The minimum absolute atomic E-state index is 0.0583. The van der Waals surface area contributed by atoms with E-state index in [2.05, 4.69) is 5.32 Å². The predicted molar refractivity (Wildman–Crippen MR) is 144 cm³/mol. The third kappa shape index (κ3) is 7.77. The van der Waals surface area contributed by atoms with Crippen LogP contribution in [0.4, 0.5) is 10.1 Å². The van der Waals surface area contributed by atoms with Gasteiger partial charge in [0.2, 0.25) is 21.8 Å². The van der Waals surface area contributed by atoms with Gasteiger partial charge in [-0.3, -0.25) is 13.9 Å². The first-order chi connectivity index (χ1) is 17.6. The van der Waals surface area contributed by atoms with Crippen LogP contribution in [0.2, 0.25) is 0 Å². The Morgan fingerprint density at radius 2 is 1.68 bits per heavy atom. The van der Waals surface area contributed by atoms with E-state index in [9.17, 15) is 22.4 Å². The lowest BCUT2D eigenvalue weighted by molar-refractivity contribution is -0.140. The normalized spacial score (nSPS) is 15.1. The molecule has 0 bridgehead atoms. The maximum absolute atomic E-state index is 13.8. The number of sulfonamides is 1. The molecule has 2 aromatic carbocycles. The minimum Gasteiger partial charge on any atom is -0.352 e. The van der Waals surface area contributed by atoms with Gasteiger partial charge in [0, 0.05) is 12.6 Å². The van der Waals surface area contributed by atoms with Crippen LogP contribution in [0, 0.1) is 5.82 Å². The van der Waals surface area contributed by atoms with E-state index in [0.29, 0.717) is 24.1 Å². The number of para-hydroxylation sites is 1. The number of halogens is 1. The summed E-state index contributed by atoms with van der Waals surface area (Å²) in [6.07, 6.45) is 7.10. The molecule has 0 heterocycles. The maximum atomic E-state index is 13.8. The number of rotatable bonds is 11. The smallest absolute Gasteiger partial charge is 0.244 e. The number of anilines is 1. The van der Waals surface area contributed by atoms with Crippen molar-refractivity contribution in [3.05, 3.63) is 65.5 Å². The standard InChI is InChI=1S/C28H38FN3O4S/c1-4-22-11-9-10-14-26(22)32(37(3,35)36)20-27(33)31(19-21-15-17-23(29)18-16-21)25(5-2)28(34)30-24-12-7-6-8-13-24/h9-11,14-18,24-25H,4-8,12-13,19-20H2,1-3H3,(H,30,34). The van der Waals surface area contributed by atoms with Crippen molar-refractivity contribution in [2.75, 3.05) is 17.1 Å². The molecule has 0 saturated heterocycles. The molecule has 0 radical (unpaired) electrons. The van der Waals surface area contributed by atoms with Crippen LogP contribution in [-0.4, -0.2) is 50.0 Å². The van der Waals surface area contributed by atoms with Crippen LogP contribution in [0.1, 0.15) is 63.5 Å². The topological polar surface area (TPSA) is 86.8 Å². The van der Waals surface area contributed by atoms with Gasteiger partial charge in [0.05, 0.1) is 11.9 Å². The fourth-order valence-electron chi connectivity index (χ4n) is 4.90. The van der Waals surface area contributed by atoms with Crippen LogP contribution >= 0.6 is 0 Å². The van der Waals surface area contributed by atoms with Crippen molar-refractivity contribution >= 4 is 27.5 Å². The third-order valence-corrected chi connectivity index (χ3v) is 8.05. The van der Waals surface area contributed by atoms with Crippen LogP contribution < -0.4 is 9.62 Å². The van der Waals surface area contributed by atoms with Crippen molar-refractivity contribution in [3.8, 4) is 0 Å². The Morgan fingerprint density at radius 3 is 2.27 bits per heavy atom. The first kappa shape index (κ1) is 28.6. The maximum Gasteiger partial charge on any atom is 0.244 e. The lowest BCUT2D eigenvalue weighted by Crippen LogP contribution is -2.54. The van der Waals surface area contributed by atoms with Crippen molar-refractivity contribution < 1.29 is 22.4 Å². The van der Waals surface area contributed by atoms with Gasteiger partial charge in [-0.05, 0) is 55.0 Å². The molecular weight excluding hydrogens is 493 g/mol. The molecule has 0 aromatic heterocycles. The van der Waals surface area contributed by atoms with Crippen molar-refractivity contribution in [1.29, 1.82) is 0 Å². The molecule has 2 amide bonds. The van der Waals surface area contributed by atoms with Crippen molar-refractivity contribution in [2.24, 2.45) is 0 Å². The van der Waals surface area contributed by atoms with Crippen LogP contribution in [0.15, 0.2) is 48.5 Å². The van der Waals surface area contributed by atoms with E-state index in [0.717, 1.165) is 48.2 Å². The van der Waals surface area contributed by atoms with E-state index in [1.807, 2.05) is 26.0 Å². The highest BCUT2D eigenvalue weighted by atomic mass is 32.2. The number of hydrogen-bond donors (Lipinski definition) is 1. The number of nitrogens with one attached hydrogen (secondary N) is 1. The highest BCUT2D eigenvalue weighted by Crippen LogP contribution is 2.25. The second-order valence-electron chi connectivity index (χ2n) is 9.67. The molecule has 3 rings (SSSR count). The number of carbonyl (C=O) groups is 2. The van der Waals surface area contributed by atoms with Gasteiger partial charge in [0.25, 0.3) is 0 Å². The summed E-state index contributed by atoms with van der Waals surface area (Å²) in [5.41, 5.74) is 1.90. The average Bonchev–Trinajstić information content (AvgIpc) is 2.88. The molecule has 202 valence electrons. The van der Waals surface area contributed by atoms with Gasteiger partial charge in [0.1, 0.15) is 18.4 Å². The van der Waals surface area contributed by atoms with Crippen LogP contribution in [0.5, 0.6) is 0 Å². The monoisotopic (exact) mass is 531 g/mol. The number of hydrogen-bond acceptors (Lipinski definition) is 4. The molecule has 1 aliphatic carbocycles. The highest BCUT2D eigenvalue weighted by molar-refractivity contribution is 7.92. The van der Waals surface area contributed by atoms with Crippen LogP contribution in [-0.2, 0) is 32.6 Å². The Morgan fingerprint density at radius 1 is 1.03 bits per heavy atom. The Balaban J connectivity index is 1.93. The average molecular weight is 532 g/mol. The molecule has 1 aliphatic rings. The second-order valence-corrected chi connectivity index (χ2v) is 11.6. The number of nitrogens with zero attached hydrogens (tertiary/aromatic N) is 2. The molecule has 1 N–H and O–H groups in total. The van der Waals surface area contributed by atoms with E-state index < -0.39 is 34.3 Å². The SMILES string of the molecule is CCc1ccccc1N(CC(=O)N(Cc1ccc(F)cc1)C(CC)C(=O)NC1CCCCC1)S(C)(=O)=O. The zero-order chi connectivity index (χ0) is 27.0. The second kappa shape index (κ2) is 13.0. The molecule has 0 aliphatic heterocycles. The summed E-state index contributed by atoms with van der Waals surface area (Å²) in [5, 5.41) is 3.11. The summed E-state index contributed by atoms with van der Waals surface area (Å²) in [6, 6.07) is 12.1. The first-order valence-electron chi connectivity index (χ1n) is 13.0. The summed E-state index contributed by atoms with van der Waals surface area (Å²) in [7, 11) is -3.80. The number of benzene rings is 2. The molecule has 1 unspecified atom stereocenters. The molecule has 1 fully saturated rings. The lowest BCUT2D eigenvalue weighted by Gasteiger charge is -2.34. The number of carbonyl (C=O) groups excluding carboxylic acids is 2. The Bertz CT molecular complexity index is 1160. The van der Waals surface area contributed by atoms with Crippen molar-refractivity contribution in [3.63, 3.8) is 0 Å². The van der Waals surface area contributed by atoms with Gasteiger partial charge < -0.3 is 10.2 Å². The van der Waals surface area contributed by atoms with Gasteiger partial charge in [-0.1, -0.05) is 63.4 Å². The molecular formula is C28H38FN3O4S. The Labute approximate surface area is 220 Å². The molecule has 0 spiro atoms. The molecule has 37 heavy (non-hydrogen) atoms. The minimum atomic E-state index is -3.80. The van der Waals surface area contributed by atoms with E-state index in [1.165, 1.54) is 17.0 Å². The zero-order valence-electron chi connectivity index (χ0n) is 22.0. The first-order valence-corrected chi connectivity index (χ1v) is 14.9. The molecule has 7 nitrogen and oxygen atoms in total. The number of aryl methyl sites for hydroxylation is 1. The van der Waals surface area contributed by atoms with Crippen molar-refractivity contribution in [1.82, 2.24) is 10.2 Å². The highest BCUT2D eigenvalue weighted by Gasteiger charge is 2.33. The summed E-state index contributed by atoms with van der Waals surface area (Å²) in [6.45, 7) is 3.37. The third-order valence-electron chi connectivity index (χ3n) is 6.92. The number of amides is 2. The van der Waals surface area contributed by atoms with Gasteiger partial charge >= 0.3 is 0 Å². The van der Waals surface area contributed by atoms with Gasteiger partial charge in [-0.15, -0.1) is 0 Å². The summed E-state index contributed by atoms with van der Waals surface area (Å²) in [5.74, 6) is -1.14. The molecule has 1 atom stereocenters. The van der Waals surface area contributed by atoms with E-state index in [4.69, 9.17) is 0 Å². The largest absolute Gasteiger partial charge is 0.352 e. The Kier molecular flexibility index (Phi) is 10.1. The fraction of sp³-hybridized carbons (Fsp3) is 0.500. The van der Waals surface area contributed by atoms with Crippen LogP contribution in [0.3, 0.4) is 0 Å². The zero-order valence-corrected chi connectivity index (χ0v) is 22.8.